The molecule has 0 saturated carbocycles. The van der Waals surface area contributed by atoms with Crippen LogP contribution in [0.1, 0.15) is 22.7 Å². The maximum Gasteiger partial charge on any atom is 0.313 e. The second-order valence-electron chi connectivity index (χ2n) is 7.71. The zero-order valence-electron chi connectivity index (χ0n) is 17.8. The molecule has 164 valence electrons. The predicted octanol–water partition coefficient (Wildman–Crippen LogP) is 2.16. The number of carbonyl (C=O) groups excluding carboxylic acids is 2. The van der Waals surface area contributed by atoms with Gasteiger partial charge >= 0.3 is 11.8 Å². The van der Waals surface area contributed by atoms with Crippen molar-refractivity contribution in [1.29, 1.82) is 0 Å². The summed E-state index contributed by atoms with van der Waals surface area (Å²) in [7, 11) is 0. The highest BCUT2D eigenvalue weighted by Gasteiger charge is 2.26. The molecular formula is C23H27N3O5. The van der Waals surface area contributed by atoms with Gasteiger partial charge in [-0.1, -0.05) is 24.3 Å². The minimum Gasteiger partial charge on any atom is -0.454 e. The number of fused-ring (bicyclic) bond motifs is 1. The van der Waals surface area contributed by atoms with Crippen molar-refractivity contribution in [2.45, 2.75) is 19.9 Å². The van der Waals surface area contributed by atoms with Crippen LogP contribution in [-0.4, -0.2) is 56.4 Å². The lowest BCUT2D eigenvalue weighted by Gasteiger charge is -2.35. The van der Waals surface area contributed by atoms with Gasteiger partial charge in [-0.15, -0.1) is 0 Å². The van der Waals surface area contributed by atoms with E-state index in [0.717, 1.165) is 29.8 Å². The summed E-state index contributed by atoms with van der Waals surface area (Å²) in [6.07, 6.45) is 0. The number of morpholine rings is 1. The Labute approximate surface area is 181 Å². The predicted molar refractivity (Wildman–Crippen MR) is 115 cm³/mol. The van der Waals surface area contributed by atoms with Gasteiger partial charge in [-0.2, -0.15) is 0 Å². The van der Waals surface area contributed by atoms with E-state index in [2.05, 4.69) is 15.5 Å². The first-order valence-corrected chi connectivity index (χ1v) is 10.4. The number of ether oxygens (including phenoxy) is 3. The van der Waals surface area contributed by atoms with E-state index in [-0.39, 0.29) is 12.8 Å². The Morgan fingerprint density at radius 2 is 1.71 bits per heavy atom. The molecule has 0 radical (unpaired) electrons. The number of benzene rings is 2. The van der Waals surface area contributed by atoms with Gasteiger partial charge < -0.3 is 24.8 Å². The summed E-state index contributed by atoms with van der Waals surface area (Å²) in [5.41, 5.74) is 3.48. The molecule has 0 spiro atoms. The van der Waals surface area contributed by atoms with Gasteiger partial charge in [0, 0.05) is 25.3 Å². The van der Waals surface area contributed by atoms with Crippen LogP contribution >= 0.6 is 0 Å². The molecule has 0 unspecified atom stereocenters. The van der Waals surface area contributed by atoms with Crippen molar-refractivity contribution < 1.29 is 23.8 Å². The smallest absolute Gasteiger partial charge is 0.313 e. The van der Waals surface area contributed by atoms with Crippen molar-refractivity contribution in [3.05, 3.63) is 53.1 Å². The Kier molecular flexibility index (Phi) is 6.39. The number of nitrogens with one attached hydrogen (secondary N) is 2. The van der Waals surface area contributed by atoms with Crippen LogP contribution in [0.5, 0.6) is 11.5 Å². The third kappa shape index (κ3) is 4.81. The Balaban J connectivity index is 1.45. The van der Waals surface area contributed by atoms with Gasteiger partial charge in [0.1, 0.15) is 0 Å². The van der Waals surface area contributed by atoms with Crippen molar-refractivity contribution in [1.82, 2.24) is 10.2 Å². The maximum atomic E-state index is 12.6. The molecule has 0 bridgehead atoms. The number of anilines is 1. The van der Waals surface area contributed by atoms with Gasteiger partial charge in [0.15, 0.2) is 11.5 Å². The number of hydrogen-bond donors (Lipinski definition) is 2. The van der Waals surface area contributed by atoms with Gasteiger partial charge in [-0.25, -0.2) is 0 Å². The fourth-order valence-corrected chi connectivity index (χ4v) is 3.92. The molecule has 2 aromatic carbocycles. The minimum atomic E-state index is -0.677. The van der Waals surface area contributed by atoms with Crippen LogP contribution in [-0.2, 0) is 14.3 Å². The van der Waals surface area contributed by atoms with E-state index in [9.17, 15) is 9.59 Å². The fourth-order valence-electron chi connectivity index (χ4n) is 3.92. The average molecular weight is 425 g/mol. The molecule has 2 aliphatic heterocycles. The summed E-state index contributed by atoms with van der Waals surface area (Å²) >= 11 is 0. The van der Waals surface area contributed by atoms with Crippen LogP contribution in [0.25, 0.3) is 0 Å². The van der Waals surface area contributed by atoms with Gasteiger partial charge in [0.05, 0.1) is 19.3 Å². The minimum absolute atomic E-state index is 0.115. The standard InChI is InChI=1S/C23H27N3O5/c1-15-4-3-5-16(2)21(15)25-23(28)22(27)24-13-18(26-8-10-29-11-9-26)17-6-7-19-20(12-17)31-14-30-19/h3-7,12,18H,8-11,13-14H2,1-2H3,(H,24,27)(H,25,28)/t18-/m0/s1. The van der Waals surface area contributed by atoms with E-state index < -0.39 is 11.8 Å². The molecule has 2 aliphatic rings. The van der Waals surface area contributed by atoms with Crippen LogP contribution < -0.4 is 20.1 Å². The molecule has 31 heavy (non-hydrogen) atoms. The fraction of sp³-hybridized carbons (Fsp3) is 0.391. The lowest BCUT2D eigenvalue weighted by atomic mass is 10.0. The number of para-hydroxylation sites is 1. The number of carbonyl (C=O) groups is 2. The Hall–Kier alpha value is -3.10. The first-order chi connectivity index (χ1) is 15.0. The summed E-state index contributed by atoms with van der Waals surface area (Å²) < 4.78 is 16.4. The van der Waals surface area contributed by atoms with Crippen molar-refractivity contribution in [2.75, 3.05) is 45.0 Å². The number of rotatable bonds is 5. The summed E-state index contributed by atoms with van der Waals surface area (Å²) in [6.45, 7) is 7.02. The van der Waals surface area contributed by atoms with Crippen LogP contribution in [0.3, 0.4) is 0 Å². The van der Waals surface area contributed by atoms with Crippen molar-refractivity contribution >= 4 is 17.5 Å². The van der Waals surface area contributed by atoms with Gasteiger partial charge in [-0.05, 0) is 42.7 Å². The molecule has 2 aromatic rings. The largest absolute Gasteiger partial charge is 0.454 e. The highest BCUT2D eigenvalue weighted by Crippen LogP contribution is 2.35. The number of amides is 2. The molecule has 1 fully saturated rings. The van der Waals surface area contributed by atoms with E-state index in [0.29, 0.717) is 36.9 Å². The Morgan fingerprint density at radius 3 is 2.45 bits per heavy atom. The third-order valence-corrected chi connectivity index (χ3v) is 5.65. The third-order valence-electron chi connectivity index (χ3n) is 5.65. The quantitative estimate of drug-likeness (QED) is 0.714. The maximum absolute atomic E-state index is 12.6. The average Bonchev–Trinajstić information content (AvgIpc) is 3.25. The number of nitrogens with zero attached hydrogens (tertiary/aromatic N) is 1. The van der Waals surface area contributed by atoms with E-state index in [1.54, 1.807) is 0 Å². The zero-order valence-corrected chi connectivity index (χ0v) is 17.8. The lowest BCUT2D eigenvalue weighted by molar-refractivity contribution is -0.136. The highest BCUT2D eigenvalue weighted by molar-refractivity contribution is 6.39. The van der Waals surface area contributed by atoms with Crippen LogP contribution in [0.2, 0.25) is 0 Å². The normalized spacial score (nSPS) is 16.6. The summed E-state index contributed by atoms with van der Waals surface area (Å²) in [5.74, 6) is 0.0572. The lowest BCUT2D eigenvalue weighted by Crippen LogP contribution is -2.45. The van der Waals surface area contributed by atoms with Crippen LogP contribution in [0.15, 0.2) is 36.4 Å². The molecular weight excluding hydrogens is 398 g/mol. The molecule has 2 heterocycles. The number of hydrogen-bond acceptors (Lipinski definition) is 6. The molecule has 1 atom stereocenters. The molecule has 8 nitrogen and oxygen atoms in total. The molecule has 1 saturated heterocycles. The summed E-state index contributed by atoms with van der Waals surface area (Å²) in [4.78, 5) is 27.3. The second kappa shape index (κ2) is 9.36. The van der Waals surface area contributed by atoms with E-state index >= 15 is 0 Å². The highest BCUT2D eigenvalue weighted by atomic mass is 16.7. The topological polar surface area (TPSA) is 89.1 Å². The van der Waals surface area contributed by atoms with Crippen LogP contribution in [0.4, 0.5) is 5.69 Å². The molecule has 8 heteroatoms. The van der Waals surface area contributed by atoms with Crippen molar-refractivity contribution in [2.24, 2.45) is 0 Å². The zero-order chi connectivity index (χ0) is 21.8. The number of aryl methyl sites for hydroxylation is 2. The van der Waals surface area contributed by atoms with Gasteiger partial charge in [0.25, 0.3) is 0 Å². The summed E-state index contributed by atoms with van der Waals surface area (Å²) in [6, 6.07) is 11.4. The molecule has 2 N–H and O–H groups in total. The van der Waals surface area contributed by atoms with Crippen molar-refractivity contribution in [3.8, 4) is 11.5 Å². The van der Waals surface area contributed by atoms with Gasteiger partial charge in [0.2, 0.25) is 6.79 Å². The SMILES string of the molecule is Cc1cccc(C)c1NC(=O)C(=O)NC[C@@H](c1ccc2c(c1)OCO2)N1CCOCC1. The second-order valence-corrected chi connectivity index (χ2v) is 7.71. The first-order valence-electron chi connectivity index (χ1n) is 10.4. The van der Waals surface area contributed by atoms with Gasteiger partial charge in [-0.3, -0.25) is 14.5 Å². The van der Waals surface area contributed by atoms with E-state index in [1.165, 1.54) is 0 Å². The Bertz CT molecular complexity index is 951. The van der Waals surface area contributed by atoms with E-state index in [1.807, 2.05) is 50.2 Å². The first kappa shape index (κ1) is 21.1. The molecule has 4 rings (SSSR count). The molecule has 0 aromatic heterocycles. The molecule has 0 aliphatic carbocycles. The monoisotopic (exact) mass is 425 g/mol. The van der Waals surface area contributed by atoms with Crippen molar-refractivity contribution in [3.63, 3.8) is 0 Å². The summed E-state index contributed by atoms with van der Waals surface area (Å²) in [5, 5.41) is 5.53. The van der Waals surface area contributed by atoms with E-state index in [4.69, 9.17) is 14.2 Å². The van der Waals surface area contributed by atoms with Crippen LogP contribution in [0, 0.1) is 13.8 Å². The Morgan fingerprint density at radius 1 is 1.00 bits per heavy atom. The molecule has 2 amide bonds.